The monoisotopic (exact) mass is 350 g/mol. The molecule has 3 heterocycles. The van der Waals surface area contributed by atoms with E-state index in [1.54, 1.807) is 0 Å². The topological polar surface area (TPSA) is 70.8 Å². The van der Waals surface area contributed by atoms with Crippen molar-refractivity contribution < 1.29 is 14.6 Å². The SMILES string of the molecule is COCC(=O)N1CC2(CCN(Cc3cn(C)cn3)CC2)C[C@@]1(C)CO. The molecule has 0 unspecified atom stereocenters. The predicted octanol–water partition coefficient (Wildman–Crippen LogP) is 0.632. The Balaban J connectivity index is 1.63. The van der Waals surface area contributed by atoms with E-state index in [2.05, 4.69) is 16.1 Å². The third-order valence-electron chi connectivity index (χ3n) is 5.87. The van der Waals surface area contributed by atoms with Gasteiger partial charge in [-0.3, -0.25) is 9.69 Å². The van der Waals surface area contributed by atoms with Crippen LogP contribution in [0.15, 0.2) is 12.5 Å². The Morgan fingerprint density at radius 1 is 1.40 bits per heavy atom. The Bertz CT molecular complexity index is 609. The van der Waals surface area contributed by atoms with Gasteiger partial charge in [-0.2, -0.15) is 0 Å². The van der Waals surface area contributed by atoms with E-state index < -0.39 is 5.54 Å². The quantitative estimate of drug-likeness (QED) is 0.844. The Kier molecular flexibility index (Phi) is 5.18. The smallest absolute Gasteiger partial charge is 0.249 e. The molecule has 1 aromatic rings. The fourth-order valence-corrected chi connectivity index (χ4v) is 4.52. The van der Waals surface area contributed by atoms with E-state index in [9.17, 15) is 9.90 Å². The Hall–Kier alpha value is -1.44. The Morgan fingerprint density at radius 2 is 2.12 bits per heavy atom. The van der Waals surface area contributed by atoms with Gasteiger partial charge in [0, 0.05) is 33.4 Å². The van der Waals surface area contributed by atoms with Crippen molar-refractivity contribution in [2.24, 2.45) is 12.5 Å². The van der Waals surface area contributed by atoms with Crippen LogP contribution < -0.4 is 0 Å². The molecule has 1 atom stereocenters. The highest BCUT2D eigenvalue weighted by atomic mass is 16.5. The maximum absolute atomic E-state index is 12.4. The molecule has 1 N–H and O–H groups in total. The van der Waals surface area contributed by atoms with Crippen LogP contribution in [0.25, 0.3) is 0 Å². The van der Waals surface area contributed by atoms with Crippen molar-refractivity contribution in [3.63, 3.8) is 0 Å². The van der Waals surface area contributed by atoms with Gasteiger partial charge in [-0.25, -0.2) is 4.98 Å². The standard InChI is InChI=1S/C18H30N4O3/c1-17(13-23)11-18(12-22(17)16(24)10-25-3)4-6-21(7-5-18)9-15-8-20(2)14-19-15/h8,14,23H,4-7,9-13H2,1-3H3/t17-/m0/s1. The number of imidazole rings is 1. The zero-order chi connectivity index (χ0) is 18.1. The number of rotatable bonds is 5. The minimum Gasteiger partial charge on any atom is -0.394 e. The summed E-state index contributed by atoms with van der Waals surface area (Å²) < 4.78 is 7.00. The van der Waals surface area contributed by atoms with Gasteiger partial charge in [-0.1, -0.05) is 0 Å². The number of carbonyl (C=O) groups is 1. The summed E-state index contributed by atoms with van der Waals surface area (Å²) in [5.74, 6) is -0.0214. The van der Waals surface area contributed by atoms with Crippen molar-refractivity contribution in [2.45, 2.75) is 38.3 Å². The molecule has 7 nitrogen and oxygen atoms in total. The minimum atomic E-state index is -0.473. The van der Waals surface area contributed by atoms with Crippen LogP contribution in [0.5, 0.6) is 0 Å². The van der Waals surface area contributed by atoms with Crippen molar-refractivity contribution in [1.29, 1.82) is 0 Å². The van der Waals surface area contributed by atoms with Gasteiger partial charge in [0.1, 0.15) is 6.61 Å². The van der Waals surface area contributed by atoms with Crippen molar-refractivity contribution in [1.82, 2.24) is 19.4 Å². The first-order chi connectivity index (χ1) is 11.9. The fourth-order valence-electron chi connectivity index (χ4n) is 4.52. The molecule has 140 valence electrons. The molecule has 25 heavy (non-hydrogen) atoms. The first-order valence-corrected chi connectivity index (χ1v) is 8.99. The van der Waals surface area contributed by atoms with Gasteiger partial charge in [0.25, 0.3) is 0 Å². The fraction of sp³-hybridized carbons (Fsp3) is 0.778. The van der Waals surface area contributed by atoms with E-state index >= 15 is 0 Å². The maximum atomic E-state index is 12.4. The zero-order valence-electron chi connectivity index (χ0n) is 15.6. The minimum absolute atomic E-state index is 0.00184. The van der Waals surface area contributed by atoms with Gasteiger partial charge in [0.05, 0.1) is 24.2 Å². The van der Waals surface area contributed by atoms with Crippen LogP contribution in [0, 0.1) is 5.41 Å². The number of piperidine rings is 1. The van der Waals surface area contributed by atoms with Crippen LogP contribution in [0.1, 0.15) is 31.9 Å². The summed E-state index contributed by atoms with van der Waals surface area (Å²) in [6, 6.07) is 0. The summed E-state index contributed by atoms with van der Waals surface area (Å²) >= 11 is 0. The number of aryl methyl sites for hydroxylation is 1. The normalized spacial score (nSPS) is 26.5. The third-order valence-corrected chi connectivity index (χ3v) is 5.87. The molecule has 2 aliphatic heterocycles. The van der Waals surface area contributed by atoms with Gasteiger partial charge in [0.2, 0.25) is 5.91 Å². The van der Waals surface area contributed by atoms with Crippen molar-refractivity contribution in [3.8, 4) is 0 Å². The zero-order valence-corrected chi connectivity index (χ0v) is 15.6. The second-order valence-electron chi connectivity index (χ2n) is 8.05. The number of amides is 1. The van der Waals surface area contributed by atoms with Crippen LogP contribution in [-0.2, 0) is 23.1 Å². The van der Waals surface area contributed by atoms with Crippen molar-refractivity contribution in [2.75, 3.05) is 40.0 Å². The molecule has 2 fully saturated rings. The van der Waals surface area contributed by atoms with Gasteiger partial charge >= 0.3 is 0 Å². The van der Waals surface area contributed by atoms with Gasteiger partial charge < -0.3 is 19.3 Å². The molecule has 1 aromatic heterocycles. The number of aliphatic hydroxyl groups excluding tert-OH is 1. The lowest BCUT2D eigenvalue weighted by atomic mass is 9.74. The Labute approximate surface area is 149 Å². The van der Waals surface area contributed by atoms with Crippen LogP contribution >= 0.6 is 0 Å². The molecular weight excluding hydrogens is 320 g/mol. The summed E-state index contributed by atoms with van der Waals surface area (Å²) in [6.07, 6.45) is 6.86. The number of likely N-dealkylation sites (tertiary alicyclic amines) is 2. The number of nitrogens with zero attached hydrogens (tertiary/aromatic N) is 4. The third kappa shape index (κ3) is 3.73. The molecule has 1 amide bonds. The average molecular weight is 350 g/mol. The summed E-state index contributed by atoms with van der Waals surface area (Å²) in [6.45, 7) is 5.69. The average Bonchev–Trinajstić information content (AvgIpc) is 3.12. The molecule has 2 saturated heterocycles. The largest absolute Gasteiger partial charge is 0.394 e. The lowest BCUT2D eigenvalue weighted by Crippen LogP contribution is -2.49. The molecule has 3 rings (SSSR count). The van der Waals surface area contributed by atoms with Crippen molar-refractivity contribution >= 4 is 5.91 Å². The number of aliphatic hydroxyl groups is 1. The molecule has 7 heteroatoms. The van der Waals surface area contributed by atoms with E-state index in [1.165, 1.54) is 7.11 Å². The van der Waals surface area contributed by atoms with Gasteiger partial charge in [0.15, 0.2) is 0 Å². The van der Waals surface area contributed by atoms with Crippen molar-refractivity contribution in [3.05, 3.63) is 18.2 Å². The molecule has 0 aromatic carbocycles. The number of aromatic nitrogens is 2. The number of ether oxygens (including phenoxy) is 1. The van der Waals surface area contributed by atoms with E-state index in [4.69, 9.17) is 4.74 Å². The van der Waals surface area contributed by atoms with E-state index in [0.717, 1.165) is 51.1 Å². The van der Waals surface area contributed by atoms with E-state index in [-0.39, 0.29) is 24.5 Å². The highest BCUT2D eigenvalue weighted by molar-refractivity contribution is 5.78. The number of carbonyl (C=O) groups excluding carboxylic acids is 1. The molecule has 1 spiro atoms. The maximum Gasteiger partial charge on any atom is 0.249 e. The van der Waals surface area contributed by atoms with Crippen LogP contribution in [-0.4, -0.2) is 75.9 Å². The summed E-state index contributed by atoms with van der Waals surface area (Å²) in [7, 11) is 3.53. The van der Waals surface area contributed by atoms with Gasteiger partial charge in [-0.05, 0) is 44.7 Å². The molecule has 0 saturated carbocycles. The predicted molar refractivity (Wildman–Crippen MR) is 93.8 cm³/mol. The number of hydrogen-bond acceptors (Lipinski definition) is 5. The highest BCUT2D eigenvalue weighted by Crippen LogP contribution is 2.48. The summed E-state index contributed by atoms with van der Waals surface area (Å²) in [5.41, 5.74) is 0.738. The lowest BCUT2D eigenvalue weighted by molar-refractivity contribution is -0.140. The highest BCUT2D eigenvalue weighted by Gasteiger charge is 2.52. The molecule has 2 aliphatic rings. The lowest BCUT2D eigenvalue weighted by Gasteiger charge is -2.39. The molecule has 0 bridgehead atoms. The van der Waals surface area contributed by atoms with Crippen LogP contribution in [0.3, 0.4) is 0 Å². The summed E-state index contributed by atoms with van der Waals surface area (Å²) in [4.78, 5) is 21.1. The second-order valence-corrected chi connectivity index (χ2v) is 8.05. The first kappa shape index (κ1) is 18.4. The van der Waals surface area contributed by atoms with E-state index in [1.807, 2.05) is 29.8 Å². The van der Waals surface area contributed by atoms with Crippen LogP contribution in [0.4, 0.5) is 0 Å². The molecule has 0 aliphatic carbocycles. The van der Waals surface area contributed by atoms with E-state index in [0.29, 0.717) is 0 Å². The van der Waals surface area contributed by atoms with Crippen LogP contribution in [0.2, 0.25) is 0 Å². The number of hydrogen-bond donors (Lipinski definition) is 1. The first-order valence-electron chi connectivity index (χ1n) is 8.99. The second kappa shape index (κ2) is 7.05. The van der Waals surface area contributed by atoms with Gasteiger partial charge in [-0.15, -0.1) is 0 Å². The Morgan fingerprint density at radius 3 is 2.68 bits per heavy atom. The number of methoxy groups -OCH3 is 1. The summed E-state index contributed by atoms with van der Waals surface area (Å²) in [5, 5.41) is 9.92. The molecule has 0 radical (unpaired) electrons. The molecular formula is C18H30N4O3.